The lowest BCUT2D eigenvalue weighted by atomic mass is 10.3. The molecule has 1 N–H and O–H groups in total. The van der Waals surface area contributed by atoms with Crippen LogP contribution in [0.15, 0.2) is 18.2 Å². The van der Waals surface area contributed by atoms with E-state index in [0.717, 1.165) is 0 Å². The number of likely N-dealkylation sites (N-methyl/N-ethyl adjacent to an activating group) is 1. The quantitative estimate of drug-likeness (QED) is 0.892. The standard InChI is InChI=1S/C10H11Cl2NO2/c1-6(10(14)13-2)15-9-4-3-7(11)5-8(9)12/h3-6H,1-2H3,(H,13,14). The summed E-state index contributed by atoms with van der Waals surface area (Å²) >= 11 is 11.6. The number of rotatable bonds is 3. The third kappa shape index (κ3) is 3.29. The Morgan fingerprint density at radius 3 is 2.67 bits per heavy atom. The fraction of sp³-hybridized carbons (Fsp3) is 0.300. The van der Waals surface area contributed by atoms with Crippen molar-refractivity contribution >= 4 is 29.1 Å². The average molecular weight is 248 g/mol. The summed E-state index contributed by atoms with van der Waals surface area (Å²) in [5.41, 5.74) is 0. The van der Waals surface area contributed by atoms with Gasteiger partial charge in [0.25, 0.3) is 5.91 Å². The SMILES string of the molecule is CNC(=O)C(C)Oc1ccc(Cl)cc1Cl. The van der Waals surface area contributed by atoms with Crippen molar-refractivity contribution in [2.24, 2.45) is 0 Å². The van der Waals surface area contributed by atoms with Crippen molar-refractivity contribution in [3.63, 3.8) is 0 Å². The van der Waals surface area contributed by atoms with Crippen LogP contribution in [0.25, 0.3) is 0 Å². The predicted molar refractivity (Wildman–Crippen MR) is 60.6 cm³/mol. The molecule has 0 aliphatic carbocycles. The Bertz CT molecular complexity index is 368. The maximum absolute atomic E-state index is 11.2. The van der Waals surface area contributed by atoms with Gasteiger partial charge in [0, 0.05) is 12.1 Å². The van der Waals surface area contributed by atoms with Gasteiger partial charge in [0.05, 0.1) is 5.02 Å². The highest BCUT2D eigenvalue weighted by molar-refractivity contribution is 6.35. The number of carbonyl (C=O) groups is 1. The Morgan fingerprint density at radius 2 is 2.13 bits per heavy atom. The van der Waals surface area contributed by atoms with Gasteiger partial charge in [-0.05, 0) is 25.1 Å². The summed E-state index contributed by atoms with van der Waals surface area (Å²) in [4.78, 5) is 11.2. The molecule has 3 nitrogen and oxygen atoms in total. The van der Waals surface area contributed by atoms with Crippen molar-refractivity contribution in [1.82, 2.24) is 5.32 Å². The Labute approximate surface area is 98.3 Å². The maximum Gasteiger partial charge on any atom is 0.260 e. The number of hydrogen-bond donors (Lipinski definition) is 1. The maximum atomic E-state index is 11.2. The molecule has 0 bridgehead atoms. The third-order valence-electron chi connectivity index (χ3n) is 1.81. The molecule has 0 aliphatic heterocycles. The van der Waals surface area contributed by atoms with E-state index in [1.807, 2.05) is 0 Å². The number of nitrogens with one attached hydrogen (secondary N) is 1. The van der Waals surface area contributed by atoms with Crippen LogP contribution in [0.2, 0.25) is 10.0 Å². The summed E-state index contributed by atoms with van der Waals surface area (Å²) in [5, 5.41) is 3.40. The van der Waals surface area contributed by atoms with E-state index in [4.69, 9.17) is 27.9 Å². The molecular weight excluding hydrogens is 237 g/mol. The molecule has 0 saturated heterocycles. The summed E-state index contributed by atoms with van der Waals surface area (Å²) in [5.74, 6) is 0.234. The van der Waals surface area contributed by atoms with Crippen LogP contribution in [-0.2, 0) is 4.79 Å². The lowest BCUT2D eigenvalue weighted by Gasteiger charge is -2.14. The zero-order valence-corrected chi connectivity index (χ0v) is 9.89. The molecule has 1 rings (SSSR count). The van der Waals surface area contributed by atoms with Gasteiger partial charge in [-0.25, -0.2) is 0 Å². The van der Waals surface area contributed by atoms with Crippen molar-refractivity contribution in [2.75, 3.05) is 7.05 Å². The summed E-state index contributed by atoms with van der Waals surface area (Å²) in [7, 11) is 1.55. The van der Waals surface area contributed by atoms with Crippen LogP contribution in [0.1, 0.15) is 6.92 Å². The van der Waals surface area contributed by atoms with Gasteiger partial charge in [-0.3, -0.25) is 4.79 Å². The van der Waals surface area contributed by atoms with Crippen LogP contribution in [0.5, 0.6) is 5.75 Å². The minimum absolute atomic E-state index is 0.207. The van der Waals surface area contributed by atoms with Crippen molar-refractivity contribution < 1.29 is 9.53 Å². The number of halogens is 2. The molecule has 0 radical (unpaired) electrons. The highest BCUT2D eigenvalue weighted by atomic mass is 35.5. The van der Waals surface area contributed by atoms with Gasteiger partial charge in [0.15, 0.2) is 6.10 Å². The molecule has 0 spiro atoms. The van der Waals surface area contributed by atoms with E-state index in [2.05, 4.69) is 5.32 Å². The monoisotopic (exact) mass is 247 g/mol. The lowest BCUT2D eigenvalue weighted by molar-refractivity contribution is -0.126. The van der Waals surface area contributed by atoms with Crippen molar-refractivity contribution in [3.05, 3.63) is 28.2 Å². The van der Waals surface area contributed by atoms with Gasteiger partial charge in [0.2, 0.25) is 0 Å². The molecule has 0 fully saturated rings. The zero-order valence-electron chi connectivity index (χ0n) is 8.38. The predicted octanol–water partition coefficient (Wildman–Crippen LogP) is 2.51. The first-order valence-electron chi connectivity index (χ1n) is 4.38. The summed E-state index contributed by atoms with van der Waals surface area (Å²) in [6, 6.07) is 4.85. The largest absolute Gasteiger partial charge is 0.479 e. The minimum atomic E-state index is -0.589. The molecule has 0 aliphatic rings. The molecular formula is C10H11Cl2NO2. The molecule has 1 atom stereocenters. The third-order valence-corrected chi connectivity index (χ3v) is 2.34. The first-order valence-corrected chi connectivity index (χ1v) is 5.13. The van der Waals surface area contributed by atoms with Crippen LogP contribution < -0.4 is 10.1 Å². The first kappa shape index (κ1) is 12.1. The summed E-state index contributed by atoms with van der Waals surface area (Å²) < 4.78 is 5.35. The van der Waals surface area contributed by atoms with Crippen LogP contribution in [0.3, 0.4) is 0 Å². The molecule has 82 valence electrons. The summed E-state index contributed by atoms with van der Waals surface area (Å²) in [6.45, 7) is 1.64. The van der Waals surface area contributed by atoms with Gasteiger partial charge < -0.3 is 10.1 Å². The molecule has 0 heterocycles. The molecule has 15 heavy (non-hydrogen) atoms. The van der Waals surface area contributed by atoms with Gasteiger partial charge in [0.1, 0.15) is 5.75 Å². The first-order chi connectivity index (χ1) is 7.04. The van der Waals surface area contributed by atoms with E-state index in [0.29, 0.717) is 15.8 Å². The smallest absolute Gasteiger partial charge is 0.260 e. The Balaban J connectivity index is 2.76. The minimum Gasteiger partial charge on any atom is -0.479 e. The highest BCUT2D eigenvalue weighted by Crippen LogP contribution is 2.28. The second-order valence-electron chi connectivity index (χ2n) is 2.95. The number of carbonyl (C=O) groups excluding carboxylic acids is 1. The van der Waals surface area contributed by atoms with Gasteiger partial charge in [-0.1, -0.05) is 23.2 Å². The fourth-order valence-corrected chi connectivity index (χ4v) is 1.47. The van der Waals surface area contributed by atoms with E-state index in [9.17, 15) is 4.79 Å². The average Bonchev–Trinajstić information content (AvgIpc) is 2.20. The lowest BCUT2D eigenvalue weighted by Crippen LogP contribution is -2.33. The molecule has 5 heteroatoms. The number of hydrogen-bond acceptors (Lipinski definition) is 2. The van der Waals surface area contributed by atoms with E-state index in [1.54, 1.807) is 32.2 Å². The van der Waals surface area contributed by atoms with E-state index >= 15 is 0 Å². The van der Waals surface area contributed by atoms with Crippen LogP contribution in [-0.4, -0.2) is 19.1 Å². The second-order valence-corrected chi connectivity index (χ2v) is 3.79. The van der Waals surface area contributed by atoms with Crippen molar-refractivity contribution in [2.45, 2.75) is 13.0 Å². The van der Waals surface area contributed by atoms with Crippen LogP contribution in [0, 0.1) is 0 Å². The molecule has 1 amide bonds. The highest BCUT2D eigenvalue weighted by Gasteiger charge is 2.14. The Morgan fingerprint density at radius 1 is 1.47 bits per heavy atom. The topological polar surface area (TPSA) is 38.3 Å². The van der Waals surface area contributed by atoms with Crippen molar-refractivity contribution in [3.8, 4) is 5.75 Å². The van der Waals surface area contributed by atoms with Crippen molar-refractivity contribution in [1.29, 1.82) is 0 Å². The molecule has 1 aromatic carbocycles. The molecule has 1 unspecified atom stereocenters. The number of amides is 1. The Kier molecular flexibility index (Phi) is 4.24. The van der Waals surface area contributed by atoms with Gasteiger partial charge in [-0.15, -0.1) is 0 Å². The Hall–Kier alpha value is -0.930. The van der Waals surface area contributed by atoms with E-state index in [-0.39, 0.29) is 5.91 Å². The molecule has 1 aromatic rings. The fourth-order valence-electron chi connectivity index (χ4n) is 1.02. The van der Waals surface area contributed by atoms with E-state index < -0.39 is 6.10 Å². The van der Waals surface area contributed by atoms with Gasteiger partial charge in [-0.2, -0.15) is 0 Å². The van der Waals surface area contributed by atoms with E-state index in [1.165, 1.54) is 0 Å². The number of ether oxygens (including phenoxy) is 1. The normalized spacial score (nSPS) is 12.0. The van der Waals surface area contributed by atoms with Gasteiger partial charge >= 0.3 is 0 Å². The second kappa shape index (κ2) is 5.24. The van der Waals surface area contributed by atoms with Crippen LogP contribution >= 0.6 is 23.2 Å². The zero-order chi connectivity index (χ0) is 11.4. The molecule has 0 aromatic heterocycles. The van der Waals surface area contributed by atoms with Crippen LogP contribution in [0.4, 0.5) is 0 Å². The number of benzene rings is 1. The molecule has 0 saturated carbocycles. The summed E-state index contributed by atoms with van der Waals surface area (Å²) in [6.07, 6.45) is -0.589.